The van der Waals surface area contributed by atoms with E-state index in [0.29, 0.717) is 0 Å². The van der Waals surface area contributed by atoms with Gasteiger partial charge in [-0.05, 0) is 49.0 Å². The predicted octanol–water partition coefficient (Wildman–Crippen LogP) is 2.98. The van der Waals surface area contributed by atoms with Crippen LogP contribution in [0, 0.1) is 11.8 Å². The molecule has 0 saturated heterocycles. The lowest BCUT2D eigenvalue weighted by Crippen LogP contribution is -2.32. The van der Waals surface area contributed by atoms with Crippen molar-refractivity contribution in [1.82, 2.24) is 5.32 Å². The Morgan fingerprint density at radius 2 is 2.06 bits per heavy atom. The van der Waals surface area contributed by atoms with Crippen molar-refractivity contribution >= 4 is 22.9 Å². The summed E-state index contributed by atoms with van der Waals surface area (Å²) in [5, 5.41) is 8.66. The van der Waals surface area contributed by atoms with Crippen LogP contribution < -0.4 is 10.6 Å². The van der Waals surface area contributed by atoms with Gasteiger partial charge in [0.1, 0.15) is 0 Å². The SMILES string of the molecule is CC(=O)Nc1ccsc1CNC(C1CC1)C1CC1. The molecule has 2 aliphatic rings. The van der Waals surface area contributed by atoms with Gasteiger partial charge in [0.15, 0.2) is 0 Å². The highest BCUT2D eigenvalue weighted by molar-refractivity contribution is 7.10. The third-order valence-corrected chi connectivity index (χ3v) is 4.74. The van der Waals surface area contributed by atoms with Gasteiger partial charge in [-0.1, -0.05) is 0 Å². The van der Waals surface area contributed by atoms with Gasteiger partial charge in [0.25, 0.3) is 0 Å². The van der Waals surface area contributed by atoms with Gasteiger partial charge in [-0.3, -0.25) is 4.79 Å². The third kappa shape index (κ3) is 2.93. The molecule has 2 saturated carbocycles. The van der Waals surface area contributed by atoms with Crippen LogP contribution in [0.2, 0.25) is 0 Å². The molecule has 0 radical (unpaired) electrons. The van der Waals surface area contributed by atoms with Crippen molar-refractivity contribution in [2.75, 3.05) is 5.32 Å². The lowest BCUT2D eigenvalue weighted by Gasteiger charge is -2.17. The summed E-state index contributed by atoms with van der Waals surface area (Å²) < 4.78 is 0. The minimum absolute atomic E-state index is 0.00980. The minimum Gasteiger partial charge on any atom is -0.325 e. The molecule has 1 aromatic heterocycles. The van der Waals surface area contributed by atoms with Gasteiger partial charge >= 0.3 is 0 Å². The van der Waals surface area contributed by atoms with E-state index in [2.05, 4.69) is 10.6 Å². The molecule has 1 amide bonds. The highest BCUT2D eigenvalue weighted by Gasteiger charge is 2.41. The molecule has 98 valence electrons. The first-order chi connectivity index (χ1) is 8.74. The first-order valence-corrected chi connectivity index (χ1v) is 7.69. The summed E-state index contributed by atoms with van der Waals surface area (Å²) in [7, 11) is 0. The second-order valence-electron chi connectivity index (χ2n) is 5.52. The van der Waals surface area contributed by atoms with Gasteiger partial charge in [0.05, 0.1) is 5.69 Å². The molecule has 3 nitrogen and oxygen atoms in total. The second-order valence-corrected chi connectivity index (χ2v) is 6.52. The Morgan fingerprint density at radius 3 is 2.61 bits per heavy atom. The monoisotopic (exact) mass is 264 g/mol. The van der Waals surface area contributed by atoms with Gasteiger partial charge in [0.2, 0.25) is 5.91 Å². The van der Waals surface area contributed by atoms with E-state index >= 15 is 0 Å². The molecule has 2 aliphatic carbocycles. The van der Waals surface area contributed by atoms with Crippen LogP contribution in [0.15, 0.2) is 11.4 Å². The molecule has 0 spiro atoms. The van der Waals surface area contributed by atoms with Crippen molar-refractivity contribution in [3.8, 4) is 0 Å². The molecule has 3 rings (SSSR count). The fourth-order valence-corrected chi connectivity index (χ4v) is 3.40. The van der Waals surface area contributed by atoms with E-state index in [0.717, 1.165) is 30.1 Å². The van der Waals surface area contributed by atoms with Crippen LogP contribution >= 0.6 is 11.3 Å². The van der Waals surface area contributed by atoms with Crippen molar-refractivity contribution < 1.29 is 4.79 Å². The zero-order valence-electron chi connectivity index (χ0n) is 10.7. The summed E-state index contributed by atoms with van der Waals surface area (Å²) in [6.07, 6.45) is 5.60. The van der Waals surface area contributed by atoms with Crippen LogP contribution in [0.25, 0.3) is 0 Å². The van der Waals surface area contributed by atoms with Gasteiger partial charge in [-0.25, -0.2) is 0 Å². The summed E-state index contributed by atoms with van der Waals surface area (Å²) in [6.45, 7) is 2.46. The normalized spacial score (nSPS) is 19.2. The number of carbonyl (C=O) groups is 1. The Hall–Kier alpha value is -0.870. The van der Waals surface area contributed by atoms with Crippen LogP contribution in [-0.4, -0.2) is 11.9 Å². The first kappa shape index (κ1) is 12.2. The Labute approximate surface area is 112 Å². The Balaban J connectivity index is 1.58. The maximum absolute atomic E-state index is 11.1. The van der Waals surface area contributed by atoms with Gasteiger partial charge in [-0.2, -0.15) is 0 Å². The van der Waals surface area contributed by atoms with Crippen molar-refractivity contribution in [1.29, 1.82) is 0 Å². The maximum atomic E-state index is 11.1. The van der Waals surface area contributed by atoms with E-state index in [1.54, 1.807) is 18.3 Å². The van der Waals surface area contributed by atoms with Crippen molar-refractivity contribution in [3.63, 3.8) is 0 Å². The van der Waals surface area contributed by atoms with E-state index in [-0.39, 0.29) is 5.91 Å². The molecule has 1 aromatic rings. The van der Waals surface area contributed by atoms with Gasteiger partial charge in [0, 0.05) is 24.4 Å². The van der Waals surface area contributed by atoms with Gasteiger partial charge < -0.3 is 10.6 Å². The molecule has 4 heteroatoms. The van der Waals surface area contributed by atoms with Crippen LogP contribution in [-0.2, 0) is 11.3 Å². The van der Waals surface area contributed by atoms with E-state index in [9.17, 15) is 4.79 Å². The molecule has 2 N–H and O–H groups in total. The fraction of sp³-hybridized carbons (Fsp3) is 0.643. The molecule has 0 aromatic carbocycles. The highest BCUT2D eigenvalue weighted by Crippen LogP contribution is 2.44. The predicted molar refractivity (Wildman–Crippen MR) is 74.7 cm³/mol. The maximum Gasteiger partial charge on any atom is 0.221 e. The standard InChI is InChI=1S/C14H20N2OS/c1-9(17)16-12-6-7-18-13(12)8-15-14(10-2-3-10)11-4-5-11/h6-7,10-11,14-15H,2-5,8H2,1H3,(H,16,17). The molecular weight excluding hydrogens is 244 g/mol. The Morgan fingerprint density at radius 1 is 1.39 bits per heavy atom. The van der Waals surface area contributed by atoms with Crippen LogP contribution in [0.3, 0.4) is 0 Å². The lowest BCUT2D eigenvalue weighted by atomic mass is 10.1. The average molecular weight is 264 g/mol. The quantitative estimate of drug-likeness (QED) is 0.829. The average Bonchev–Trinajstić information content (AvgIpc) is 3.21. The van der Waals surface area contributed by atoms with Crippen LogP contribution in [0.1, 0.15) is 37.5 Å². The largest absolute Gasteiger partial charge is 0.325 e. The summed E-state index contributed by atoms with van der Waals surface area (Å²) in [4.78, 5) is 12.4. The molecule has 0 bridgehead atoms. The number of thiophene rings is 1. The topological polar surface area (TPSA) is 41.1 Å². The number of anilines is 1. The number of hydrogen-bond acceptors (Lipinski definition) is 3. The zero-order valence-corrected chi connectivity index (χ0v) is 11.6. The van der Waals surface area contributed by atoms with E-state index in [1.165, 1.54) is 30.6 Å². The molecule has 18 heavy (non-hydrogen) atoms. The summed E-state index contributed by atoms with van der Waals surface area (Å²) >= 11 is 1.72. The first-order valence-electron chi connectivity index (χ1n) is 6.81. The number of nitrogens with one attached hydrogen (secondary N) is 2. The zero-order chi connectivity index (χ0) is 12.5. The van der Waals surface area contributed by atoms with Crippen molar-refractivity contribution in [2.45, 2.75) is 45.2 Å². The summed E-state index contributed by atoms with van der Waals surface area (Å²) in [5.41, 5.74) is 0.977. The Kier molecular flexibility index (Phi) is 3.39. The smallest absolute Gasteiger partial charge is 0.221 e. The van der Waals surface area contributed by atoms with E-state index < -0.39 is 0 Å². The molecular formula is C14H20N2OS. The molecule has 0 unspecified atom stereocenters. The second kappa shape index (κ2) is 5.02. The molecule has 2 fully saturated rings. The number of rotatable bonds is 6. The third-order valence-electron chi connectivity index (χ3n) is 3.81. The van der Waals surface area contributed by atoms with Crippen LogP contribution in [0.4, 0.5) is 5.69 Å². The fourth-order valence-electron chi connectivity index (χ4n) is 2.62. The van der Waals surface area contributed by atoms with Crippen LogP contribution in [0.5, 0.6) is 0 Å². The van der Waals surface area contributed by atoms with E-state index in [4.69, 9.17) is 0 Å². The molecule has 0 atom stereocenters. The Bertz CT molecular complexity index is 423. The summed E-state index contributed by atoms with van der Waals surface area (Å²) in [5.74, 6) is 1.85. The molecule has 0 aliphatic heterocycles. The van der Waals surface area contributed by atoms with Crippen molar-refractivity contribution in [3.05, 3.63) is 16.3 Å². The van der Waals surface area contributed by atoms with Gasteiger partial charge in [-0.15, -0.1) is 11.3 Å². The minimum atomic E-state index is 0.00980. The molecule has 1 heterocycles. The highest BCUT2D eigenvalue weighted by atomic mass is 32.1. The van der Waals surface area contributed by atoms with Crippen molar-refractivity contribution in [2.24, 2.45) is 11.8 Å². The number of carbonyl (C=O) groups excluding carboxylic acids is 1. The number of hydrogen-bond donors (Lipinski definition) is 2. The lowest BCUT2D eigenvalue weighted by molar-refractivity contribution is -0.114. The van der Waals surface area contributed by atoms with E-state index in [1.807, 2.05) is 11.4 Å². The number of amides is 1. The summed E-state index contributed by atoms with van der Waals surface area (Å²) in [6, 6.07) is 2.71.